The van der Waals surface area contributed by atoms with Crippen LogP contribution in [0.1, 0.15) is 42.6 Å². The highest BCUT2D eigenvalue weighted by Crippen LogP contribution is 2.20. The van der Waals surface area contributed by atoms with Crippen LogP contribution in [0.5, 0.6) is 0 Å². The highest BCUT2D eigenvalue weighted by Gasteiger charge is 2.20. The second-order valence-electron chi connectivity index (χ2n) is 7.32. The van der Waals surface area contributed by atoms with Gasteiger partial charge in [0.1, 0.15) is 5.56 Å². The van der Waals surface area contributed by atoms with Crippen LogP contribution in [0.25, 0.3) is 11.5 Å². The SMILES string of the molecule is CCCN(CCC)CCNC(=O)c1cnn(-c2cccc(C)c2)c1-n1cccc1. The Morgan fingerprint density at radius 3 is 2.45 bits per heavy atom. The van der Waals surface area contributed by atoms with Gasteiger partial charge in [-0.3, -0.25) is 4.79 Å². The lowest BCUT2D eigenvalue weighted by atomic mass is 10.2. The third-order valence-electron chi connectivity index (χ3n) is 4.88. The van der Waals surface area contributed by atoms with Crippen molar-refractivity contribution in [1.29, 1.82) is 0 Å². The second kappa shape index (κ2) is 10.1. The van der Waals surface area contributed by atoms with E-state index in [1.165, 1.54) is 0 Å². The zero-order valence-electron chi connectivity index (χ0n) is 17.6. The number of aromatic nitrogens is 3. The van der Waals surface area contributed by atoms with Crippen LogP contribution in [0, 0.1) is 6.92 Å². The van der Waals surface area contributed by atoms with E-state index in [9.17, 15) is 4.79 Å². The molecule has 6 nitrogen and oxygen atoms in total. The minimum absolute atomic E-state index is 0.0967. The van der Waals surface area contributed by atoms with E-state index in [0.29, 0.717) is 12.1 Å². The molecule has 6 heteroatoms. The summed E-state index contributed by atoms with van der Waals surface area (Å²) in [5.41, 5.74) is 2.65. The molecule has 0 fully saturated rings. The number of carbonyl (C=O) groups excluding carboxylic acids is 1. The van der Waals surface area contributed by atoms with E-state index in [2.05, 4.69) is 35.2 Å². The van der Waals surface area contributed by atoms with E-state index >= 15 is 0 Å². The Labute approximate surface area is 173 Å². The molecule has 0 unspecified atom stereocenters. The van der Waals surface area contributed by atoms with Crippen molar-refractivity contribution in [2.45, 2.75) is 33.6 Å². The summed E-state index contributed by atoms with van der Waals surface area (Å²) in [7, 11) is 0. The molecule has 1 amide bonds. The summed E-state index contributed by atoms with van der Waals surface area (Å²) in [4.78, 5) is 15.4. The molecular weight excluding hydrogens is 362 g/mol. The third kappa shape index (κ3) is 5.15. The molecule has 0 saturated heterocycles. The lowest BCUT2D eigenvalue weighted by Gasteiger charge is -2.21. The van der Waals surface area contributed by atoms with Crippen LogP contribution in [0.2, 0.25) is 0 Å². The topological polar surface area (TPSA) is 55.1 Å². The predicted octanol–water partition coefficient (Wildman–Crippen LogP) is 3.82. The van der Waals surface area contributed by atoms with Gasteiger partial charge in [-0.1, -0.05) is 26.0 Å². The van der Waals surface area contributed by atoms with Gasteiger partial charge in [0.25, 0.3) is 5.91 Å². The number of hydrogen-bond acceptors (Lipinski definition) is 3. The maximum atomic E-state index is 13.0. The smallest absolute Gasteiger partial charge is 0.256 e. The first-order valence-corrected chi connectivity index (χ1v) is 10.4. The number of nitrogens with one attached hydrogen (secondary N) is 1. The lowest BCUT2D eigenvalue weighted by Crippen LogP contribution is -2.36. The summed E-state index contributed by atoms with van der Waals surface area (Å²) in [5.74, 6) is 0.651. The number of amides is 1. The molecular formula is C23H31N5O. The van der Waals surface area contributed by atoms with Crippen molar-refractivity contribution in [3.63, 3.8) is 0 Å². The molecule has 3 rings (SSSR count). The van der Waals surface area contributed by atoms with Crippen LogP contribution < -0.4 is 5.32 Å². The van der Waals surface area contributed by atoms with Gasteiger partial charge >= 0.3 is 0 Å². The first kappa shape index (κ1) is 20.9. The molecule has 0 bridgehead atoms. The van der Waals surface area contributed by atoms with Crippen molar-refractivity contribution < 1.29 is 4.79 Å². The maximum Gasteiger partial charge on any atom is 0.256 e. The molecule has 29 heavy (non-hydrogen) atoms. The molecule has 0 radical (unpaired) electrons. The van der Waals surface area contributed by atoms with E-state index in [0.717, 1.165) is 49.5 Å². The molecule has 2 heterocycles. The van der Waals surface area contributed by atoms with Crippen LogP contribution in [-0.2, 0) is 0 Å². The van der Waals surface area contributed by atoms with E-state index in [1.807, 2.05) is 58.9 Å². The molecule has 0 atom stereocenters. The standard InChI is InChI=1S/C23H31N5O/c1-4-12-26(13-5-2)16-11-24-22(29)21-18-25-28(20-10-8-9-19(3)17-20)23(21)27-14-6-7-15-27/h6-10,14-15,17-18H,4-5,11-13,16H2,1-3H3,(H,24,29). The summed E-state index contributed by atoms with van der Waals surface area (Å²) in [6.45, 7) is 10.0. The molecule has 0 spiro atoms. The first-order valence-electron chi connectivity index (χ1n) is 10.4. The molecule has 154 valence electrons. The number of hydrogen-bond donors (Lipinski definition) is 1. The zero-order chi connectivity index (χ0) is 20.6. The van der Waals surface area contributed by atoms with Crippen molar-refractivity contribution in [2.24, 2.45) is 0 Å². The van der Waals surface area contributed by atoms with Gasteiger partial charge in [0.15, 0.2) is 5.82 Å². The minimum Gasteiger partial charge on any atom is -0.351 e. The van der Waals surface area contributed by atoms with Crippen molar-refractivity contribution in [1.82, 2.24) is 24.6 Å². The fourth-order valence-electron chi connectivity index (χ4n) is 3.57. The van der Waals surface area contributed by atoms with Crippen LogP contribution >= 0.6 is 0 Å². The van der Waals surface area contributed by atoms with Crippen molar-refractivity contribution in [2.75, 3.05) is 26.2 Å². The number of nitrogens with zero attached hydrogens (tertiary/aromatic N) is 4. The summed E-state index contributed by atoms with van der Waals surface area (Å²) < 4.78 is 3.76. The van der Waals surface area contributed by atoms with Crippen LogP contribution in [0.3, 0.4) is 0 Å². The fraction of sp³-hybridized carbons (Fsp3) is 0.391. The molecule has 0 aliphatic heterocycles. The average Bonchev–Trinajstić information content (AvgIpc) is 3.37. The number of rotatable bonds is 10. The Morgan fingerprint density at radius 1 is 1.07 bits per heavy atom. The Balaban J connectivity index is 1.81. The molecule has 0 aliphatic carbocycles. The van der Waals surface area contributed by atoms with E-state index < -0.39 is 0 Å². The summed E-state index contributed by atoms with van der Waals surface area (Å²) in [5, 5.41) is 7.61. The summed E-state index contributed by atoms with van der Waals surface area (Å²) in [6, 6.07) is 12.0. The normalized spacial score (nSPS) is 11.2. The van der Waals surface area contributed by atoms with Crippen LogP contribution in [-0.4, -0.2) is 51.3 Å². The molecule has 0 aliphatic rings. The van der Waals surface area contributed by atoms with Gasteiger partial charge in [0.2, 0.25) is 0 Å². The largest absolute Gasteiger partial charge is 0.351 e. The van der Waals surface area contributed by atoms with Crippen LogP contribution in [0.4, 0.5) is 0 Å². The van der Waals surface area contributed by atoms with E-state index in [4.69, 9.17) is 0 Å². The predicted molar refractivity (Wildman–Crippen MR) is 117 cm³/mol. The van der Waals surface area contributed by atoms with Gasteiger partial charge < -0.3 is 14.8 Å². The number of aryl methyl sites for hydroxylation is 1. The Kier molecular flexibility index (Phi) is 7.25. The number of benzene rings is 1. The second-order valence-corrected chi connectivity index (χ2v) is 7.32. The highest BCUT2D eigenvalue weighted by atomic mass is 16.1. The first-order chi connectivity index (χ1) is 14.1. The Bertz CT molecular complexity index is 907. The quantitative estimate of drug-likeness (QED) is 0.570. The Morgan fingerprint density at radius 2 is 1.79 bits per heavy atom. The minimum atomic E-state index is -0.0967. The van der Waals surface area contributed by atoms with Crippen molar-refractivity contribution in [3.8, 4) is 11.5 Å². The van der Waals surface area contributed by atoms with Gasteiger partial charge in [-0.15, -0.1) is 0 Å². The molecule has 1 N–H and O–H groups in total. The monoisotopic (exact) mass is 393 g/mol. The molecule has 1 aromatic carbocycles. The molecule has 3 aromatic rings. The van der Waals surface area contributed by atoms with Crippen LogP contribution in [0.15, 0.2) is 55.0 Å². The third-order valence-corrected chi connectivity index (χ3v) is 4.88. The summed E-state index contributed by atoms with van der Waals surface area (Å²) >= 11 is 0. The van der Waals surface area contributed by atoms with Gasteiger partial charge in [-0.25, -0.2) is 4.68 Å². The van der Waals surface area contributed by atoms with E-state index in [-0.39, 0.29) is 5.91 Å². The molecule has 2 aromatic heterocycles. The zero-order valence-corrected chi connectivity index (χ0v) is 17.6. The van der Waals surface area contributed by atoms with Gasteiger partial charge in [-0.2, -0.15) is 5.10 Å². The maximum absolute atomic E-state index is 13.0. The average molecular weight is 394 g/mol. The van der Waals surface area contributed by atoms with Gasteiger partial charge in [-0.05, 0) is 62.7 Å². The fourth-order valence-corrected chi connectivity index (χ4v) is 3.57. The lowest BCUT2D eigenvalue weighted by molar-refractivity contribution is 0.0948. The van der Waals surface area contributed by atoms with Crippen molar-refractivity contribution in [3.05, 3.63) is 66.1 Å². The van der Waals surface area contributed by atoms with Gasteiger partial charge in [0, 0.05) is 25.5 Å². The number of carbonyl (C=O) groups is 1. The van der Waals surface area contributed by atoms with Crippen molar-refractivity contribution >= 4 is 5.91 Å². The highest BCUT2D eigenvalue weighted by molar-refractivity contribution is 5.97. The molecule has 0 saturated carbocycles. The Hall–Kier alpha value is -2.86. The van der Waals surface area contributed by atoms with E-state index in [1.54, 1.807) is 6.20 Å². The summed E-state index contributed by atoms with van der Waals surface area (Å²) in [6.07, 6.45) is 7.77. The van der Waals surface area contributed by atoms with Gasteiger partial charge in [0.05, 0.1) is 11.9 Å².